The molecule has 1 heterocycles. The van der Waals surface area contributed by atoms with Crippen molar-refractivity contribution in [2.45, 2.75) is 13.8 Å². The van der Waals surface area contributed by atoms with Gasteiger partial charge in [-0.15, -0.1) is 0 Å². The molecule has 116 valence electrons. The van der Waals surface area contributed by atoms with Crippen LogP contribution in [-0.2, 0) is 0 Å². The topological polar surface area (TPSA) is 59.3 Å². The highest BCUT2D eigenvalue weighted by atomic mass is 79.9. The fourth-order valence-corrected chi connectivity index (χ4v) is 2.71. The number of aryl methyl sites for hydroxylation is 1. The summed E-state index contributed by atoms with van der Waals surface area (Å²) in [5.41, 5.74) is 2.50. The summed E-state index contributed by atoms with van der Waals surface area (Å²) in [6.07, 6.45) is 0. The zero-order chi connectivity index (χ0) is 16.6. The van der Waals surface area contributed by atoms with Crippen LogP contribution in [0, 0.1) is 13.8 Å². The van der Waals surface area contributed by atoms with Crippen LogP contribution in [0.25, 0.3) is 11.0 Å². The predicted molar refractivity (Wildman–Crippen MR) is 94.1 cm³/mol. The van der Waals surface area contributed by atoms with Crippen LogP contribution in [0.2, 0.25) is 0 Å². The number of anilines is 1. The van der Waals surface area contributed by atoms with Gasteiger partial charge in [0, 0.05) is 15.5 Å². The Morgan fingerprint density at radius 1 is 1.13 bits per heavy atom. The summed E-state index contributed by atoms with van der Waals surface area (Å²) in [4.78, 5) is 24.5. The Morgan fingerprint density at radius 3 is 2.70 bits per heavy atom. The van der Waals surface area contributed by atoms with Crippen LogP contribution in [0.15, 0.2) is 56.1 Å². The number of fused-ring (bicyclic) bond motifs is 1. The maximum Gasteiger partial charge on any atom is 0.349 e. The zero-order valence-electron chi connectivity index (χ0n) is 12.6. The summed E-state index contributed by atoms with van der Waals surface area (Å²) in [5, 5.41) is 3.46. The summed E-state index contributed by atoms with van der Waals surface area (Å²) in [5.74, 6) is -0.477. The molecule has 1 amide bonds. The monoisotopic (exact) mass is 371 g/mol. The maximum atomic E-state index is 12.4. The summed E-state index contributed by atoms with van der Waals surface area (Å²) >= 11 is 3.36. The fourth-order valence-electron chi connectivity index (χ4n) is 2.33. The van der Waals surface area contributed by atoms with E-state index in [-0.39, 0.29) is 5.56 Å². The molecule has 3 rings (SSSR count). The van der Waals surface area contributed by atoms with Crippen LogP contribution < -0.4 is 10.9 Å². The average Bonchev–Trinajstić information content (AvgIpc) is 2.51. The zero-order valence-corrected chi connectivity index (χ0v) is 14.2. The van der Waals surface area contributed by atoms with Crippen LogP contribution in [-0.4, -0.2) is 5.91 Å². The van der Waals surface area contributed by atoms with Crippen molar-refractivity contribution in [3.05, 3.63) is 74.0 Å². The van der Waals surface area contributed by atoms with Gasteiger partial charge in [0.15, 0.2) is 0 Å². The third-order valence-electron chi connectivity index (χ3n) is 3.79. The summed E-state index contributed by atoms with van der Waals surface area (Å²) in [7, 11) is 0. The van der Waals surface area contributed by atoms with Crippen LogP contribution >= 0.6 is 15.9 Å². The molecular weight excluding hydrogens is 358 g/mol. The number of halogens is 1. The Balaban J connectivity index is 2.02. The van der Waals surface area contributed by atoms with E-state index in [1.165, 1.54) is 0 Å². The molecule has 0 bridgehead atoms. The molecule has 0 aliphatic heterocycles. The highest BCUT2D eigenvalue weighted by Crippen LogP contribution is 2.21. The molecule has 3 aromatic rings. The Hall–Kier alpha value is -2.40. The predicted octanol–water partition coefficient (Wildman–Crippen LogP) is 4.42. The number of hydrogen-bond acceptors (Lipinski definition) is 3. The quantitative estimate of drug-likeness (QED) is 0.678. The lowest BCUT2D eigenvalue weighted by Gasteiger charge is -2.10. The molecule has 4 nitrogen and oxygen atoms in total. The minimum Gasteiger partial charge on any atom is -0.422 e. The fraction of sp³-hybridized carbons (Fsp3) is 0.111. The van der Waals surface area contributed by atoms with Crippen molar-refractivity contribution in [3.63, 3.8) is 0 Å². The second kappa shape index (κ2) is 6.01. The minimum absolute atomic E-state index is 0.0171. The summed E-state index contributed by atoms with van der Waals surface area (Å²) in [6, 6.07) is 12.4. The van der Waals surface area contributed by atoms with E-state index in [2.05, 4.69) is 21.2 Å². The van der Waals surface area contributed by atoms with E-state index in [0.29, 0.717) is 16.7 Å². The highest BCUT2D eigenvalue weighted by molar-refractivity contribution is 9.10. The van der Waals surface area contributed by atoms with Gasteiger partial charge in [0.2, 0.25) is 0 Å². The van der Waals surface area contributed by atoms with Gasteiger partial charge in [0.05, 0.1) is 0 Å². The molecule has 1 aromatic heterocycles. The van der Waals surface area contributed by atoms with Crippen molar-refractivity contribution in [3.8, 4) is 0 Å². The molecule has 0 atom stereocenters. The van der Waals surface area contributed by atoms with Crippen molar-refractivity contribution in [1.29, 1.82) is 0 Å². The molecule has 2 aromatic carbocycles. The third-order valence-corrected chi connectivity index (χ3v) is 4.28. The Labute approximate surface area is 141 Å². The minimum atomic E-state index is -0.650. The lowest BCUT2D eigenvalue weighted by atomic mass is 10.1. The molecule has 0 unspecified atom stereocenters. The largest absolute Gasteiger partial charge is 0.422 e. The Bertz CT molecular complexity index is 976. The Morgan fingerprint density at radius 2 is 1.91 bits per heavy atom. The molecule has 0 spiro atoms. The number of nitrogens with one attached hydrogen (secondary N) is 1. The molecule has 0 saturated carbocycles. The van der Waals surface area contributed by atoms with Gasteiger partial charge in [0.25, 0.3) is 5.91 Å². The second-order valence-electron chi connectivity index (χ2n) is 5.33. The molecule has 0 radical (unpaired) electrons. The number of rotatable bonds is 2. The SMILES string of the molecule is Cc1cccc(NC(=O)c2cc3cc(Br)ccc3oc2=O)c1C. The van der Waals surface area contributed by atoms with Crippen LogP contribution in [0.4, 0.5) is 5.69 Å². The third kappa shape index (κ3) is 3.05. The van der Waals surface area contributed by atoms with Gasteiger partial charge < -0.3 is 9.73 Å². The Kier molecular flexibility index (Phi) is 4.05. The van der Waals surface area contributed by atoms with Crippen molar-refractivity contribution in [2.75, 3.05) is 5.32 Å². The normalized spacial score (nSPS) is 10.7. The van der Waals surface area contributed by atoms with Crippen molar-refractivity contribution in [2.24, 2.45) is 0 Å². The van der Waals surface area contributed by atoms with Gasteiger partial charge in [0.1, 0.15) is 11.1 Å². The van der Waals surface area contributed by atoms with Crippen molar-refractivity contribution < 1.29 is 9.21 Å². The van der Waals surface area contributed by atoms with E-state index in [1.54, 1.807) is 30.3 Å². The first-order chi connectivity index (χ1) is 11.0. The molecular formula is C18H14BrNO3. The van der Waals surface area contributed by atoms with Gasteiger partial charge >= 0.3 is 5.63 Å². The number of carbonyl (C=O) groups excluding carboxylic acids is 1. The van der Waals surface area contributed by atoms with Gasteiger partial charge in [-0.3, -0.25) is 4.79 Å². The van der Waals surface area contributed by atoms with Gasteiger partial charge in [-0.05, 0) is 55.3 Å². The van der Waals surface area contributed by atoms with E-state index in [4.69, 9.17) is 4.42 Å². The lowest BCUT2D eigenvalue weighted by Crippen LogP contribution is -2.21. The first kappa shape index (κ1) is 15.5. The number of amides is 1. The van der Waals surface area contributed by atoms with E-state index in [1.807, 2.05) is 26.0 Å². The number of carbonyl (C=O) groups is 1. The van der Waals surface area contributed by atoms with Crippen LogP contribution in [0.1, 0.15) is 21.5 Å². The van der Waals surface area contributed by atoms with Gasteiger partial charge in [-0.1, -0.05) is 28.1 Å². The maximum absolute atomic E-state index is 12.4. The summed E-state index contributed by atoms with van der Waals surface area (Å²) in [6.45, 7) is 3.89. The number of benzene rings is 2. The molecule has 1 N–H and O–H groups in total. The first-order valence-corrected chi connectivity index (χ1v) is 7.86. The number of hydrogen-bond donors (Lipinski definition) is 1. The van der Waals surface area contributed by atoms with E-state index in [0.717, 1.165) is 15.6 Å². The molecule has 0 fully saturated rings. The van der Waals surface area contributed by atoms with Crippen LogP contribution in [0.3, 0.4) is 0 Å². The standard InChI is InChI=1S/C18H14BrNO3/c1-10-4-3-5-15(11(10)2)20-17(21)14-9-12-8-13(19)6-7-16(12)23-18(14)22/h3-9H,1-2H3,(H,20,21). The molecule has 0 aliphatic carbocycles. The van der Waals surface area contributed by atoms with Crippen molar-refractivity contribution >= 4 is 38.5 Å². The van der Waals surface area contributed by atoms with E-state index >= 15 is 0 Å². The van der Waals surface area contributed by atoms with E-state index in [9.17, 15) is 9.59 Å². The first-order valence-electron chi connectivity index (χ1n) is 7.06. The van der Waals surface area contributed by atoms with Crippen molar-refractivity contribution in [1.82, 2.24) is 0 Å². The average molecular weight is 372 g/mol. The second-order valence-corrected chi connectivity index (χ2v) is 6.25. The summed E-state index contributed by atoms with van der Waals surface area (Å²) < 4.78 is 6.07. The molecule has 23 heavy (non-hydrogen) atoms. The highest BCUT2D eigenvalue weighted by Gasteiger charge is 2.15. The van der Waals surface area contributed by atoms with Gasteiger partial charge in [-0.25, -0.2) is 4.79 Å². The lowest BCUT2D eigenvalue weighted by molar-refractivity contribution is 0.102. The van der Waals surface area contributed by atoms with Gasteiger partial charge in [-0.2, -0.15) is 0 Å². The smallest absolute Gasteiger partial charge is 0.349 e. The van der Waals surface area contributed by atoms with Crippen LogP contribution in [0.5, 0.6) is 0 Å². The molecule has 0 saturated heterocycles. The molecule has 0 aliphatic rings. The van der Waals surface area contributed by atoms with E-state index < -0.39 is 11.5 Å². The molecule has 5 heteroatoms.